The van der Waals surface area contributed by atoms with E-state index in [1.54, 1.807) is 13.3 Å². The van der Waals surface area contributed by atoms with Gasteiger partial charge in [0.05, 0.1) is 12.6 Å². The molecule has 0 spiro atoms. The van der Waals surface area contributed by atoms with Crippen molar-refractivity contribution in [3.05, 3.63) is 90.8 Å². The molecule has 5 aromatic rings. The van der Waals surface area contributed by atoms with Crippen molar-refractivity contribution in [2.45, 2.75) is 6.61 Å². The van der Waals surface area contributed by atoms with Gasteiger partial charge in [0.25, 0.3) is 0 Å². The molecule has 0 fully saturated rings. The number of fused-ring (bicyclic) bond motifs is 2. The van der Waals surface area contributed by atoms with E-state index < -0.39 is 0 Å². The molecule has 2 aromatic heterocycles. The van der Waals surface area contributed by atoms with Gasteiger partial charge in [-0.3, -0.25) is 4.98 Å². The van der Waals surface area contributed by atoms with E-state index in [1.165, 1.54) is 0 Å². The second kappa shape index (κ2) is 7.79. The Morgan fingerprint density at radius 1 is 0.867 bits per heavy atom. The number of rotatable bonds is 6. The van der Waals surface area contributed by atoms with Crippen LogP contribution in [0.15, 0.2) is 85.2 Å². The van der Waals surface area contributed by atoms with Gasteiger partial charge in [-0.2, -0.15) is 0 Å². The van der Waals surface area contributed by atoms with Crippen molar-refractivity contribution in [2.75, 3.05) is 7.11 Å². The smallest absolute Gasteiger partial charge is 0.163 e. The average molecular weight is 396 g/mol. The maximum Gasteiger partial charge on any atom is 0.163 e. The number of nitrogens with one attached hydrogen (secondary N) is 1. The topological polar surface area (TPSA) is 56.4 Å². The normalized spacial score (nSPS) is 11.0. The molecule has 0 saturated carbocycles. The van der Waals surface area contributed by atoms with Crippen LogP contribution in [0.1, 0.15) is 5.56 Å². The Morgan fingerprint density at radius 2 is 1.77 bits per heavy atom. The summed E-state index contributed by atoms with van der Waals surface area (Å²) in [6.07, 6.45) is 3.65. The highest BCUT2D eigenvalue weighted by Gasteiger charge is 2.12. The van der Waals surface area contributed by atoms with E-state index in [2.05, 4.69) is 9.97 Å². The molecule has 0 aliphatic carbocycles. The van der Waals surface area contributed by atoms with E-state index in [0.29, 0.717) is 23.9 Å². The Morgan fingerprint density at radius 3 is 2.63 bits per heavy atom. The third-order valence-corrected chi connectivity index (χ3v) is 4.98. The van der Waals surface area contributed by atoms with Crippen molar-refractivity contribution >= 4 is 21.8 Å². The van der Waals surface area contributed by atoms with Crippen LogP contribution in [-0.2, 0) is 6.61 Å². The molecule has 0 unspecified atom stereocenters. The van der Waals surface area contributed by atoms with Crippen molar-refractivity contribution in [1.29, 1.82) is 0 Å². The minimum Gasteiger partial charge on any atom is -0.493 e. The van der Waals surface area contributed by atoms with Crippen LogP contribution in [0.2, 0.25) is 0 Å². The summed E-state index contributed by atoms with van der Waals surface area (Å²) < 4.78 is 17.8. The maximum absolute atomic E-state index is 6.19. The maximum atomic E-state index is 6.19. The van der Waals surface area contributed by atoms with Gasteiger partial charge in [0.1, 0.15) is 18.1 Å². The SMILES string of the molecule is COc1cc2c(Oc3ccc4[nH]ccc4c3)ccnc2cc1OCc1ccccc1. The summed E-state index contributed by atoms with van der Waals surface area (Å²) in [5.74, 6) is 2.75. The molecule has 1 N–H and O–H groups in total. The van der Waals surface area contributed by atoms with Crippen molar-refractivity contribution in [3.8, 4) is 23.0 Å². The number of pyridine rings is 1. The van der Waals surface area contributed by atoms with Crippen LogP contribution >= 0.6 is 0 Å². The van der Waals surface area contributed by atoms with E-state index in [-0.39, 0.29) is 0 Å². The van der Waals surface area contributed by atoms with Gasteiger partial charge in [0.15, 0.2) is 11.5 Å². The lowest BCUT2D eigenvalue weighted by Gasteiger charge is -2.14. The summed E-state index contributed by atoms with van der Waals surface area (Å²) in [4.78, 5) is 7.68. The number of hydrogen-bond acceptors (Lipinski definition) is 4. The molecule has 30 heavy (non-hydrogen) atoms. The van der Waals surface area contributed by atoms with Gasteiger partial charge in [-0.1, -0.05) is 30.3 Å². The van der Waals surface area contributed by atoms with Gasteiger partial charge in [0, 0.05) is 34.7 Å². The number of H-pyrrole nitrogens is 1. The monoisotopic (exact) mass is 396 g/mol. The van der Waals surface area contributed by atoms with Crippen LogP contribution < -0.4 is 14.2 Å². The van der Waals surface area contributed by atoms with E-state index >= 15 is 0 Å². The zero-order valence-corrected chi connectivity index (χ0v) is 16.5. The molecule has 3 aromatic carbocycles. The molecule has 0 atom stereocenters. The highest BCUT2D eigenvalue weighted by Crippen LogP contribution is 2.37. The largest absolute Gasteiger partial charge is 0.493 e. The molecular weight excluding hydrogens is 376 g/mol. The number of ether oxygens (including phenoxy) is 3. The first-order valence-electron chi connectivity index (χ1n) is 9.68. The lowest BCUT2D eigenvalue weighted by atomic mass is 10.1. The van der Waals surface area contributed by atoms with Crippen LogP contribution in [0.25, 0.3) is 21.8 Å². The molecule has 0 radical (unpaired) electrons. The number of nitrogens with zero attached hydrogens (tertiary/aromatic N) is 1. The Labute approximate surface area is 173 Å². The standard InChI is InChI=1S/C25H20N2O3/c1-28-24-14-20-22(15-25(24)29-16-17-5-3-2-4-6-17)27-12-10-23(20)30-19-7-8-21-18(13-19)9-11-26-21/h2-15,26H,16H2,1H3. The molecule has 5 heteroatoms. The van der Waals surface area contributed by atoms with E-state index in [1.807, 2.05) is 79.0 Å². The van der Waals surface area contributed by atoms with Gasteiger partial charge in [-0.05, 0) is 42.0 Å². The predicted molar refractivity (Wildman–Crippen MR) is 117 cm³/mol. The minimum atomic E-state index is 0.454. The molecule has 0 aliphatic rings. The molecule has 0 bridgehead atoms. The first kappa shape index (κ1) is 18.1. The van der Waals surface area contributed by atoms with Crippen LogP contribution in [0, 0.1) is 0 Å². The van der Waals surface area contributed by atoms with Crippen molar-refractivity contribution < 1.29 is 14.2 Å². The highest BCUT2D eigenvalue weighted by atomic mass is 16.5. The lowest BCUT2D eigenvalue weighted by molar-refractivity contribution is 0.285. The highest BCUT2D eigenvalue weighted by molar-refractivity contribution is 5.88. The van der Waals surface area contributed by atoms with Crippen LogP contribution in [0.3, 0.4) is 0 Å². The molecule has 148 valence electrons. The zero-order chi connectivity index (χ0) is 20.3. The zero-order valence-electron chi connectivity index (χ0n) is 16.5. The van der Waals surface area contributed by atoms with Gasteiger partial charge in [0.2, 0.25) is 0 Å². The van der Waals surface area contributed by atoms with Gasteiger partial charge in [-0.15, -0.1) is 0 Å². The number of aromatic amines is 1. The van der Waals surface area contributed by atoms with Gasteiger partial charge < -0.3 is 19.2 Å². The Hall–Kier alpha value is -3.99. The minimum absolute atomic E-state index is 0.454. The quantitative estimate of drug-likeness (QED) is 0.377. The fourth-order valence-electron chi connectivity index (χ4n) is 3.45. The third kappa shape index (κ3) is 3.53. The third-order valence-electron chi connectivity index (χ3n) is 4.98. The Balaban J connectivity index is 1.47. The number of aromatic nitrogens is 2. The molecular formula is C25H20N2O3. The van der Waals surface area contributed by atoms with E-state index in [9.17, 15) is 0 Å². The van der Waals surface area contributed by atoms with E-state index in [0.717, 1.165) is 33.1 Å². The Kier molecular flexibility index (Phi) is 4.69. The number of methoxy groups -OCH3 is 1. The fraction of sp³-hybridized carbons (Fsp3) is 0.0800. The molecule has 2 heterocycles. The molecule has 0 amide bonds. The van der Waals surface area contributed by atoms with Crippen LogP contribution in [-0.4, -0.2) is 17.1 Å². The summed E-state index contributed by atoms with van der Waals surface area (Å²) in [6.45, 7) is 0.454. The van der Waals surface area contributed by atoms with E-state index in [4.69, 9.17) is 14.2 Å². The second-order valence-corrected chi connectivity index (χ2v) is 6.93. The fourth-order valence-corrected chi connectivity index (χ4v) is 3.45. The van der Waals surface area contributed by atoms with Gasteiger partial charge in [-0.25, -0.2) is 0 Å². The van der Waals surface area contributed by atoms with Crippen molar-refractivity contribution in [2.24, 2.45) is 0 Å². The summed E-state index contributed by atoms with van der Waals surface area (Å²) >= 11 is 0. The number of benzene rings is 3. The first-order valence-corrected chi connectivity index (χ1v) is 9.68. The van der Waals surface area contributed by atoms with Crippen LogP contribution in [0.5, 0.6) is 23.0 Å². The summed E-state index contributed by atoms with van der Waals surface area (Å²) in [6, 6.07) is 23.7. The van der Waals surface area contributed by atoms with Crippen molar-refractivity contribution in [1.82, 2.24) is 9.97 Å². The lowest BCUT2D eigenvalue weighted by Crippen LogP contribution is -1.98. The second-order valence-electron chi connectivity index (χ2n) is 6.93. The average Bonchev–Trinajstić information content (AvgIpc) is 3.26. The summed E-state index contributed by atoms with van der Waals surface area (Å²) in [7, 11) is 1.63. The van der Waals surface area contributed by atoms with Crippen molar-refractivity contribution in [3.63, 3.8) is 0 Å². The number of hydrogen-bond donors (Lipinski definition) is 1. The summed E-state index contributed by atoms with van der Waals surface area (Å²) in [5.41, 5.74) is 2.94. The molecule has 5 rings (SSSR count). The van der Waals surface area contributed by atoms with Crippen LogP contribution in [0.4, 0.5) is 0 Å². The predicted octanol–water partition coefficient (Wildman–Crippen LogP) is 6.10. The Bertz CT molecular complexity index is 1310. The van der Waals surface area contributed by atoms with Gasteiger partial charge >= 0.3 is 0 Å². The molecule has 0 aliphatic heterocycles. The first-order chi connectivity index (χ1) is 14.8. The molecule has 5 nitrogen and oxygen atoms in total. The molecule has 0 saturated heterocycles. The summed E-state index contributed by atoms with van der Waals surface area (Å²) in [5, 5.41) is 1.95.